The van der Waals surface area contributed by atoms with Crippen molar-refractivity contribution in [3.8, 4) is 0 Å². The second-order valence-electron chi connectivity index (χ2n) is 6.31. The van der Waals surface area contributed by atoms with Crippen LogP contribution in [0.25, 0.3) is 0 Å². The van der Waals surface area contributed by atoms with Gasteiger partial charge in [0.1, 0.15) is 0 Å². The molecule has 2 heteroatoms. The van der Waals surface area contributed by atoms with Crippen LogP contribution in [0.5, 0.6) is 0 Å². The monoisotopic (exact) mass is 256 g/mol. The summed E-state index contributed by atoms with van der Waals surface area (Å²) in [7, 11) is 1.78. The number of hydrogen-bond acceptors (Lipinski definition) is 2. The molecule has 1 saturated carbocycles. The zero-order chi connectivity index (χ0) is 13.5. The van der Waals surface area contributed by atoms with Gasteiger partial charge in [-0.2, -0.15) is 0 Å². The molecule has 2 nitrogen and oxygen atoms in total. The number of rotatable bonds is 7. The number of aliphatic hydroxyl groups is 1. The van der Waals surface area contributed by atoms with Gasteiger partial charge < -0.3 is 9.84 Å². The van der Waals surface area contributed by atoms with E-state index in [-0.39, 0.29) is 12.2 Å². The fraction of sp³-hybridized carbons (Fsp3) is 1.00. The molecule has 0 heterocycles. The Balaban J connectivity index is 2.42. The summed E-state index contributed by atoms with van der Waals surface area (Å²) < 4.78 is 5.46. The van der Waals surface area contributed by atoms with E-state index in [0.717, 1.165) is 18.8 Å². The van der Waals surface area contributed by atoms with E-state index in [1.54, 1.807) is 7.11 Å². The largest absolute Gasteiger partial charge is 0.393 e. The molecule has 0 bridgehead atoms. The predicted octanol–water partition coefficient (Wildman–Crippen LogP) is 4.01. The fourth-order valence-corrected chi connectivity index (χ4v) is 3.28. The fourth-order valence-electron chi connectivity index (χ4n) is 3.28. The maximum absolute atomic E-state index is 10.4. The van der Waals surface area contributed by atoms with Crippen LogP contribution in [0.1, 0.15) is 65.7 Å². The minimum absolute atomic E-state index is 0.119. The van der Waals surface area contributed by atoms with Gasteiger partial charge in [0.25, 0.3) is 0 Å². The Labute approximate surface area is 113 Å². The third-order valence-corrected chi connectivity index (χ3v) is 4.84. The summed E-state index contributed by atoms with van der Waals surface area (Å²) in [6, 6.07) is 0. The maximum atomic E-state index is 10.4. The van der Waals surface area contributed by atoms with E-state index in [9.17, 15) is 5.11 Å². The van der Waals surface area contributed by atoms with Crippen molar-refractivity contribution in [2.45, 2.75) is 77.9 Å². The number of methoxy groups -OCH3 is 1. The number of aliphatic hydroxyl groups excluding tert-OH is 1. The second-order valence-corrected chi connectivity index (χ2v) is 6.31. The van der Waals surface area contributed by atoms with Crippen LogP contribution in [0.2, 0.25) is 0 Å². The molecule has 1 aliphatic rings. The molecule has 0 aromatic heterocycles. The first-order chi connectivity index (χ1) is 8.58. The molecule has 108 valence electrons. The van der Waals surface area contributed by atoms with Crippen LogP contribution in [0, 0.1) is 17.8 Å². The molecular formula is C16H32O2. The lowest BCUT2D eigenvalue weighted by Crippen LogP contribution is -2.31. The summed E-state index contributed by atoms with van der Waals surface area (Å²) >= 11 is 0. The molecule has 18 heavy (non-hydrogen) atoms. The average Bonchev–Trinajstić information content (AvgIpc) is 2.38. The summed E-state index contributed by atoms with van der Waals surface area (Å²) in [6.45, 7) is 6.68. The van der Waals surface area contributed by atoms with Gasteiger partial charge in [-0.25, -0.2) is 0 Å². The van der Waals surface area contributed by atoms with E-state index in [1.807, 2.05) is 0 Å². The molecule has 1 rings (SSSR count). The summed E-state index contributed by atoms with van der Waals surface area (Å²) in [6.07, 6.45) is 8.41. The molecule has 2 unspecified atom stereocenters. The number of hydrogen-bond donors (Lipinski definition) is 1. The highest BCUT2D eigenvalue weighted by atomic mass is 16.5. The first-order valence-corrected chi connectivity index (χ1v) is 7.79. The van der Waals surface area contributed by atoms with Gasteiger partial charge in [0.15, 0.2) is 0 Å². The van der Waals surface area contributed by atoms with E-state index in [4.69, 9.17) is 4.74 Å². The van der Waals surface area contributed by atoms with Crippen molar-refractivity contribution in [2.75, 3.05) is 7.11 Å². The van der Waals surface area contributed by atoms with Crippen LogP contribution in [-0.4, -0.2) is 24.4 Å². The van der Waals surface area contributed by atoms with Crippen molar-refractivity contribution in [1.82, 2.24) is 0 Å². The Morgan fingerprint density at radius 3 is 2.33 bits per heavy atom. The molecule has 0 saturated heterocycles. The lowest BCUT2D eigenvalue weighted by molar-refractivity contribution is 0.00677. The van der Waals surface area contributed by atoms with Crippen LogP contribution < -0.4 is 0 Å². The highest BCUT2D eigenvalue weighted by molar-refractivity contribution is 4.79. The van der Waals surface area contributed by atoms with Crippen molar-refractivity contribution in [3.05, 3.63) is 0 Å². The second kappa shape index (κ2) is 8.16. The zero-order valence-electron chi connectivity index (χ0n) is 12.7. The van der Waals surface area contributed by atoms with Crippen LogP contribution >= 0.6 is 0 Å². The van der Waals surface area contributed by atoms with Gasteiger partial charge in [-0.05, 0) is 50.4 Å². The van der Waals surface area contributed by atoms with Gasteiger partial charge in [-0.1, -0.05) is 33.1 Å². The molecule has 1 fully saturated rings. The standard InChI is InChI=1S/C16H32O2/c1-5-6-15(13(3)18-4)11-16(17)14-9-7-12(2)8-10-14/h12-17H,5-11H2,1-4H3/t12?,13?,14?,15-,16?/m0/s1. The quantitative estimate of drug-likeness (QED) is 0.745. The first kappa shape index (κ1) is 16.0. The van der Waals surface area contributed by atoms with E-state index < -0.39 is 0 Å². The van der Waals surface area contributed by atoms with Gasteiger partial charge in [-0.3, -0.25) is 0 Å². The lowest BCUT2D eigenvalue weighted by Gasteiger charge is -2.33. The highest BCUT2D eigenvalue weighted by Crippen LogP contribution is 2.33. The van der Waals surface area contributed by atoms with Gasteiger partial charge in [-0.15, -0.1) is 0 Å². The summed E-state index contributed by atoms with van der Waals surface area (Å²) in [5.41, 5.74) is 0. The van der Waals surface area contributed by atoms with Crippen molar-refractivity contribution in [2.24, 2.45) is 17.8 Å². The predicted molar refractivity (Wildman–Crippen MR) is 76.6 cm³/mol. The van der Waals surface area contributed by atoms with Crippen molar-refractivity contribution in [3.63, 3.8) is 0 Å². The molecule has 0 amide bonds. The molecule has 1 N–H and O–H groups in total. The molecule has 1 aliphatic carbocycles. The zero-order valence-corrected chi connectivity index (χ0v) is 12.7. The molecule has 0 radical (unpaired) electrons. The SMILES string of the molecule is CCC[C@@H](CC(O)C1CCC(C)CC1)C(C)OC. The van der Waals surface area contributed by atoms with E-state index in [2.05, 4.69) is 20.8 Å². The van der Waals surface area contributed by atoms with Gasteiger partial charge >= 0.3 is 0 Å². The molecule has 0 aromatic rings. The highest BCUT2D eigenvalue weighted by Gasteiger charge is 2.28. The van der Waals surface area contributed by atoms with Crippen molar-refractivity contribution in [1.29, 1.82) is 0 Å². The Morgan fingerprint density at radius 1 is 1.22 bits per heavy atom. The van der Waals surface area contributed by atoms with Crippen LogP contribution in [-0.2, 0) is 4.74 Å². The Hall–Kier alpha value is -0.0800. The third kappa shape index (κ3) is 4.89. The average molecular weight is 256 g/mol. The van der Waals surface area contributed by atoms with E-state index >= 15 is 0 Å². The summed E-state index contributed by atoms with van der Waals surface area (Å²) in [5.74, 6) is 1.90. The van der Waals surface area contributed by atoms with Crippen molar-refractivity contribution >= 4 is 0 Å². The molecule has 0 aromatic carbocycles. The molecular weight excluding hydrogens is 224 g/mol. The smallest absolute Gasteiger partial charge is 0.0572 e. The lowest BCUT2D eigenvalue weighted by atomic mass is 9.77. The van der Waals surface area contributed by atoms with Crippen LogP contribution in [0.3, 0.4) is 0 Å². The Kier molecular flexibility index (Phi) is 7.25. The summed E-state index contributed by atoms with van der Waals surface area (Å²) in [5, 5.41) is 10.4. The normalized spacial score (nSPS) is 29.8. The van der Waals surface area contributed by atoms with E-state index in [1.165, 1.54) is 32.1 Å². The first-order valence-electron chi connectivity index (χ1n) is 7.79. The molecule has 0 aliphatic heterocycles. The topological polar surface area (TPSA) is 29.5 Å². The van der Waals surface area contributed by atoms with Crippen LogP contribution in [0.15, 0.2) is 0 Å². The summed E-state index contributed by atoms with van der Waals surface area (Å²) in [4.78, 5) is 0. The number of ether oxygens (including phenoxy) is 1. The van der Waals surface area contributed by atoms with Crippen molar-refractivity contribution < 1.29 is 9.84 Å². The van der Waals surface area contributed by atoms with Gasteiger partial charge in [0.05, 0.1) is 12.2 Å². The Morgan fingerprint density at radius 2 is 1.83 bits per heavy atom. The molecule has 3 atom stereocenters. The molecule has 0 spiro atoms. The van der Waals surface area contributed by atoms with Crippen LogP contribution in [0.4, 0.5) is 0 Å². The maximum Gasteiger partial charge on any atom is 0.0572 e. The third-order valence-electron chi connectivity index (χ3n) is 4.84. The van der Waals surface area contributed by atoms with E-state index in [0.29, 0.717) is 11.8 Å². The minimum atomic E-state index is -0.119. The Bertz CT molecular complexity index is 209. The minimum Gasteiger partial charge on any atom is -0.393 e. The van der Waals surface area contributed by atoms with Gasteiger partial charge in [0.2, 0.25) is 0 Å². The van der Waals surface area contributed by atoms with Gasteiger partial charge in [0, 0.05) is 7.11 Å².